The highest BCUT2D eigenvalue weighted by atomic mass is 79.9. The summed E-state index contributed by atoms with van der Waals surface area (Å²) in [5.74, 6) is 0.667. The zero-order valence-electron chi connectivity index (χ0n) is 10.1. The number of nitrogens with one attached hydrogen (secondary N) is 1. The molecule has 1 aliphatic rings. The zero-order valence-corrected chi connectivity index (χ0v) is 11.7. The molecule has 2 rings (SSSR count). The van der Waals surface area contributed by atoms with Gasteiger partial charge in [0.15, 0.2) is 0 Å². The van der Waals surface area contributed by atoms with Gasteiger partial charge in [-0.15, -0.1) is 0 Å². The highest BCUT2D eigenvalue weighted by Crippen LogP contribution is 2.44. The molecule has 1 heterocycles. The van der Waals surface area contributed by atoms with Gasteiger partial charge in [0, 0.05) is 23.5 Å². The minimum Gasteiger partial charge on any atom is -0.316 e. The van der Waals surface area contributed by atoms with Gasteiger partial charge < -0.3 is 5.32 Å². The lowest BCUT2D eigenvalue weighted by atomic mass is 9.71. The van der Waals surface area contributed by atoms with Crippen molar-refractivity contribution in [2.24, 2.45) is 5.41 Å². The van der Waals surface area contributed by atoms with Crippen LogP contribution in [0.25, 0.3) is 0 Å². The second kappa shape index (κ2) is 4.89. The molecule has 0 amide bonds. The molecule has 0 spiro atoms. The summed E-state index contributed by atoms with van der Waals surface area (Å²) in [6.07, 6.45) is 2.52. The normalized spacial score (nSPS) is 23.6. The molecular weight excluding hydrogens is 262 g/mol. The van der Waals surface area contributed by atoms with Crippen LogP contribution in [0.5, 0.6) is 0 Å². The second-order valence-electron chi connectivity index (χ2n) is 4.81. The summed E-state index contributed by atoms with van der Waals surface area (Å²) in [5, 5.41) is 3.57. The van der Waals surface area contributed by atoms with Crippen molar-refractivity contribution in [2.75, 3.05) is 13.1 Å². The summed E-state index contributed by atoms with van der Waals surface area (Å²) in [5.41, 5.74) is 1.93. The SMILES string of the molecule is CCC1(CC)CNC[C@H]1c1cccc(Br)c1. The maximum absolute atomic E-state index is 3.57. The fourth-order valence-corrected chi connectivity index (χ4v) is 3.41. The molecule has 1 nitrogen and oxygen atoms in total. The zero-order chi connectivity index (χ0) is 11.6. The molecule has 0 aromatic heterocycles. The Kier molecular flexibility index (Phi) is 3.70. The van der Waals surface area contributed by atoms with Crippen LogP contribution in [0.3, 0.4) is 0 Å². The summed E-state index contributed by atoms with van der Waals surface area (Å²) < 4.78 is 1.19. The number of benzene rings is 1. The van der Waals surface area contributed by atoms with Crippen molar-refractivity contribution in [3.05, 3.63) is 34.3 Å². The highest BCUT2D eigenvalue weighted by Gasteiger charge is 2.40. The minimum atomic E-state index is 0.459. The fraction of sp³-hybridized carbons (Fsp3) is 0.571. The Morgan fingerprint density at radius 1 is 1.38 bits per heavy atom. The van der Waals surface area contributed by atoms with Crippen molar-refractivity contribution in [1.29, 1.82) is 0 Å². The Hall–Kier alpha value is -0.340. The predicted octanol–water partition coefficient (Wildman–Crippen LogP) is 3.94. The highest BCUT2D eigenvalue weighted by molar-refractivity contribution is 9.10. The molecule has 0 radical (unpaired) electrons. The molecule has 2 heteroatoms. The average molecular weight is 282 g/mol. The molecule has 1 aliphatic heterocycles. The van der Waals surface area contributed by atoms with Gasteiger partial charge in [0.25, 0.3) is 0 Å². The van der Waals surface area contributed by atoms with Gasteiger partial charge in [-0.05, 0) is 36.0 Å². The van der Waals surface area contributed by atoms with Crippen molar-refractivity contribution in [2.45, 2.75) is 32.6 Å². The molecule has 1 aromatic carbocycles. The van der Waals surface area contributed by atoms with Crippen LogP contribution in [-0.2, 0) is 0 Å². The van der Waals surface area contributed by atoms with E-state index in [2.05, 4.69) is 59.4 Å². The number of halogens is 1. The Morgan fingerprint density at radius 2 is 2.12 bits per heavy atom. The lowest BCUT2D eigenvalue weighted by Crippen LogP contribution is -2.27. The molecule has 0 bridgehead atoms. The Balaban J connectivity index is 2.32. The van der Waals surface area contributed by atoms with Crippen LogP contribution in [0.4, 0.5) is 0 Å². The van der Waals surface area contributed by atoms with E-state index >= 15 is 0 Å². The van der Waals surface area contributed by atoms with Gasteiger partial charge in [-0.25, -0.2) is 0 Å². The molecule has 1 aromatic rings. The predicted molar refractivity (Wildman–Crippen MR) is 72.8 cm³/mol. The molecule has 1 fully saturated rings. The van der Waals surface area contributed by atoms with E-state index < -0.39 is 0 Å². The van der Waals surface area contributed by atoms with Gasteiger partial charge in [0.2, 0.25) is 0 Å². The van der Waals surface area contributed by atoms with Gasteiger partial charge >= 0.3 is 0 Å². The van der Waals surface area contributed by atoms with Crippen LogP contribution in [0, 0.1) is 5.41 Å². The molecule has 16 heavy (non-hydrogen) atoms. The number of hydrogen-bond donors (Lipinski definition) is 1. The summed E-state index contributed by atoms with van der Waals surface area (Å²) >= 11 is 3.57. The van der Waals surface area contributed by atoms with E-state index in [9.17, 15) is 0 Å². The number of hydrogen-bond acceptors (Lipinski definition) is 1. The summed E-state index contributed by atoms with van der Waals surface area (Å²) in [7, 11) is 0. The van der Waals surface area contributed by atoms with Gasteiger partial charge in [0.1, 0.15) is 0 Å². The molecule has 0 aliphatic carbocycles. The first-order chi connectivity index (χ1) is 7.72. The van der Waals surface area contributed by atoms with Gasteiger partial charge in [-0.1, -0.05) is 41.9 Å². The fourth-order valence-electron chi connectivity index (χ4n) is 2.99. The van der Waals surface area contributed by atoms with Gasteiger partial charge in [-0.3, -0.25) is 0 Å². The molecular formula is C14H20BrN. The van der Waals surface area contributed by atoms with E-state index in [-0.39, 0.29) is 0 Å². The van der Waals surface area contributed by atoms with Crippen LogP contribution in [0.1, 0.15) is 38.2 Å². The minimum absolute atomic E-state index is 0.459. The molecule has 0 unspecified atom stereocenters. The quantitative estimate of drug-likeness (QED) is 0.885. The first-order valence-corrected chi connectivity index (χ1v) is 6.97. The Labute approximate surface area is 107 Å². The van der Waals surface area contributed by atoms with Crippen LogP contribution >= 0.6 is 15.9 Å². The molecule has 1 saturated heterocycles. The van der Waals surface area contributed by atoms with E-state index in [0.29, 0.717) is 11.3 Å². The van der Waals surface area contributed by atoms with Crippen molar-refractivity contribution in [1.82, 2.24) is 5.32 Å². The summed E-state index contributed by atoms with van der Waals surface area (Å²) in [6.45, 7) is 6.93. The van der Waals surface area contributed by atoms with Gasteiger partial charge in [0.05, 0.1) is 0 Å². The third kappa shape index (κ3) is 2.05. The molecule has 1 atom stereocenters. The van der Waals surface area contributed by atoms with Crippen LogP contribution in [0.2, 0.25) is 0 Å². The second-order valence-corrected chi connectivity index (χ2v) is 5.72. The topological polar surface area (TPSA) is 12.0 Å². The molecule has 1 N–H and O–H groups in total. The van der Waals surface area contributed by atoms with E-state index in [0.717, 1.165) is 13.1 Å². The van der Waals surface area contributed by atoms with Crippen molar-refractivity contribution in [3.63, 3.8) is 0 Å². The van der Waals surface area contributed by atoms with Crippen molar-refractivity contribution < 1.29 is 0 Å². The average Bonchev–Trinajstić information content (AvgIpc) is 2.73. The van der Waals surface area contributed by atoms with E-state index in [1.54, 1.807) is 0 Å². The Bertz CT molecular complexity index is 358. The van der Waals surface area contributed by atoms with Gasteiger partial charge in [-0.2, -0.15) is 0 Å². The smallest absolute Gasteiger partial charge is 0.0178 e. The Morgan fingerprint density at radius 3 is 2.75 bits per heavy atom. The van der Waals surface area contributed by atoms with Crippen molar-refractivity contribution in [3.8, 4) is 0 Å². The summed E-state index contributed by atoms with van der Waals surface area (Å²) in [6, 6.07) is 8.79. The van der Waals surface area contributed by atoms with Crippen LogP contribution in [-0.4, -0.2) is 13.1 Å². The largest absolute Gasteiger partial charge is 0.316 e. The molecule has 88 valence electrons. The van der Waals surface area contributed by atoms with Crippen LogP contribution in [0.15, 0.2) is 28.7 Å². The maximum Gasteiger partial charge on any atom is 0.0178 e. The third-order valence-corrected chi connectivity index (χ3v) is 4.72. The number of rotatable bonds is 3. The van der Waals surface area contributed by atoms with Crippen LogP contribution < -0.4 is 5.32 Å². The summed E-state index contributed by atoms with van der Waals surface area (Å²) in [4.78, 5) is 0. The van der Waals surface area contributed by atoms with E-state index in [1.165, 1.54) is 22.9 Å². The van der Waals surface area contributed by atoms with E-state index in [4.69, 9.17) is 0 Å². The molecule has 0 saturated carbocycles. The van der Waals surface area contributed by atoms with E-state index in [1.807, 2.05) is 0 Å². The first-order valence-electron chi connectivity index (χ1n) is 6.18. The third-order valence-electron chi connectivity index (χ3n) is 4.22. The lowest BCUT2D eigenvalue weighted by molar-refractivity contribution is 0.260. The monoisotopic (exact) mass is 281 g/mol. The first kappa shape index (κ1) is 12.1. The lowest BCUT2D eigenvalue weighted by Gasteiger charge is -2.33. The maximum atomic E-state index is 3.57. The van der Waals surface area contributed by atoms with Crippen molar-refractivity contribution >= 4 is 15.9 Å². The standard InChI is InChI=1S/C14H20BrN/c1-3-14(4-2)10-16-9-13(14)11-6-5-7-12(15)8-11/h5-8,13,16H,3-4,9-10H2,1-2H3/t13-/m0/s1.